The maximum atomic E-state index is 11.9. The first-order valence-corrected chi connectivity index (χ1v) is 9.91. The van der Waals surface area contributed by atoms with Gasteiger partial charge in [-0.2, -0.15) is 0 Å². The van der Waals surface area contributed by atoms with Crippen LogP contribution in [0.3, 0.4) is 0 Å². The number of hydrogen-bond donors (Lipinski definition) is 2. The largest absolute Gasteiger partial charge is 0.357 e. The van der Waals surface area contributed by atoms with E-state index in [1.165, 1.54) is 38.5 Å². The molecule has 0 bridgehead atoms. The molecule has 25 heavy (non-hydrogen) atoms. The monoisotopic (exact) mass is 464 g/mol. The Morgan fingerprint density at radius 1 is 1.20 bits per heavy atom. The van der Waals surface area contributed by atoms with Crippen LogP contribution in [-0.4, -0.2) is 49.0 Å². The molecule has 2 aliphatic rings. The van der Waals surface area contributed by atoms with E-state index in [0.717, 1.165) is 32.0 Å². The van der Waals surface area contributed by atoms with E-state index in [1.807, 2.05) is 6.92 Å². The van der Waals surface area contributed by atoms with Crippen LogP contribution in [0.5, 0.6) is 0 Å². The van der Waals surface area contributed by atoms with Crippen molar-refractivity contribution in [3.05, 3.63) is 0 Å². The van der Waals surface area contributed by atoms with Crippen molar-refractivity contribution in [2.24, 2.45) is 10.4 Å². The number of aliphatic imine (C=N–C) groups is 1. The predicted octanol–water partition coefficient (Wildman–Crippen LogP) is 3.53. The lowest BCUT2D eigenvalue weighted by Gasteiger charge is -2.33. The quantitative estimate of drug-likeness (QED) is 0.359. The Kier molecular flexibility index (Phi) is 10.1. The molecule has 146 valence electrons. The summed E-state index contributed by atoms with van der Waals surface area (Å²) >= 11 is 0. The maximum absolute atomic E-state index is 11.9. The number of likely N-dealkylation sites (tertiary alicyclic amines) is 1. The van der Waals surface area contributed by atoms with Gasteiger partial charge in [0, 0.05) is 32.1 Å². The summed E-state index contributed by atoms with van der Waals surface area (Å²) in [7, 11) is 0. The third-order valence-electron chi connectivity index (χ3n) is 5.61. The molecule has 1 aliphatic carbocycles. The topological polar surface area (TPSA) is 56.7 Å². The van der Waals surface area contributed by atoms with Gasteiger partial charge in [-0.1, -0.05) is 26.2 Å². The van der Waals surface area contributed by atoms with E-state index in [9.17, 15) is 4.79 Å². The number of carbonyl (C=O) groups is 1. The van der Waals surface area contributed by atoms with Crippen molar-refractivity contribution in [3.63, 3.8) is 0 Å². The number of rotatable bonds is 6. The lowest BCUT2D eigenvalue weighted by molar-refractivity contribution is -0.121. The number of nitrogens with zero attached hydrogens (tertiary/aromatic N) is 2. The summed E-state index contributed by atoms with van der Waals surface area (Å²) in [4.78, 5) is 19.0. The van der Waals surface area contributed by atoms with Crippen molar-refractivity contribution in [3.8, 4) is 0 Å². The molecule has 1 saturated heterocycles. The molecule has 1 heterocycles. The van der Waals surface area contributed by atoms with Crippen molar-refractivity contribution >= 4 is 35.8 Å². The van der Waals surface area contributed by atoms with Gasteiger partial charge in [0.05, 0.1) is 6.54 Å². The van der Waals surface area contributed by atoms with Crippen LogP contribution in [0.25, 0.3) is 0 Å². The van der Waals surface area contributed by atoms with Crippen molar-refractivity contribution in [2.45, 2.75) is 78.2 Å². The van der Waals surface area contributed by atoms with Crippen LogP contribution in [0.1, 0.15) is 72.1 Å². The zero-order valence-electron chi connectivity index (χ0n) is 16.3. The highest BCUT2D eigenvalue weighted by atomic mass is 127. The molecular formula is C19H37IN4O. The summed E-state index contributed by atoms with van der Waals surface area (Å²) < 4.78 is 0. The van der Waals surface area contributed by atoms with Gasteiger partial charge >= 0.3 is 0 Å². The van der Waals surface area contributed by atoms with Crippen LogP contribution >= 0.6 is 24.0 Å². The minimum atomic E-state index is 0. The average molecular weight is 464 g/mol. The van der Waals surface area contributed by atoms with Crippen molar-refractivity contribution in [2.75, 3.05) is 26.2 Å². The Morgan fingerprint density at radius 3 is 2.56 bits per heavy atom. The number of amides is 1. The molecule has 0 aromatic rings. The Hall–Kier alpha value is -0.530. The first-order chi connectivity index (χ1) is 11.6. The molecular weight excluding hydrogens is 427 g/mol. The van der Waals surface area contributed by atoms with Gasteiger partial charge in [0.2, 0.25) is 5.91 Å². The van der Waals surface area contributed by atoms with E-state index in [4.69, 9.17) is 4.99 Å². The van der Waals surface area contributed by atoms with E-state index in [2.05, 4.69) is 29.4 Å². The van der Waals surface area contributed by atoms with Crippen LogP contribution in [0.4, 0.5) is 0 Å². The summed E-state index contributed by atoms with van der Waals surface area (Å²) in [5.41, 5.74) is 0.530. The summed E-state index contributed by atoms with van der Waals surface area (Å²) in [6.07, 6.45) is 9.66. The highest BCUT2D eigenvalue weighted by molar-refractivity contribution is 14.0. The van der Waals surface area contributed by atoms with Gasteiger partial charge in [-0.3, -0.25) is 9.79 Å². The fraction of sp³-hybridized carbons (Fsp3) is 0.895. The third kappa shape index (κ3) is 6.94. The number of guanidine groups is 1. The molecule has 0 radical (unpaired) electrons. The Bertz CT molecular complexity index is 435. The van der Waals surface area contributed by atoms with E-state index in [0.29, 0.717) is 18.4 Å². The normalized spacial score (nSPS) is 20.9. The lowest BCUT2D eigenvalue weighted by atomic mass is 9.73. The zero-order valence-corrected chi connectivity index (χ0v) is 18.6. The molecule has 1 aliphatic heterocycles. The van der Waals surface area contributed by atoms with Gasteiger partial charge < -0.3 is 15.5 Å². The number of halogens is 1. The molecule has 1 spiro atoms. The van der Waals surface area contributed by atoms with Crippen molar-refractivity contribution in [1.29, 1.82) is 0 Å². The lowest BCUT2D eigenvalue weighted by Crippen LogP contribution is -2.42. The Labute approximate surface area is 170 Å². The maximum Gasteiger partial charge on any atom is 0.222 e. The molecule has 1 amide bonds. The summed E-state index contributed by atoms with van der Waals surface area (Å²) in [6, 6.07) is 0.249. The number of carbonyl (C=O) groups excluding carboxylic acids is 1. The molecule has 6 heteroatoms. The fourth-order valence-corrected chi connectivity index (χ4v) is 3.96. The van der Waals surface area contributed by atoms with Crippen molar-refractivity contribution in [1.82, 2.24) is 15.5 Å². The molecule has 2 fully saturated rings. The molecule has 2 rings (SSSR count). The van der Waals surface area contributed by atoms with Gasteiger partial charge in [0.25, 0.3) is 0 Å². The highest BCUT2D eigenvalue weighted by Crippen LogP contribution is 2.43. The van der Waals surface area contributed by atoms with Gasteiger partial charge in [0.15, 0.2) is 5.96 Å². The fourth-order valence-electron chi connectivity index (χ4n) is 3.96. The Morgan fingerprint density at radius 2 is 1.92 bits per heavy atom. The average Bonchev–Trinajstić information content (AvgIpc) is 2.98. The third-order valence-corrected chi connectivity index (χ3v) is 5.61. The molecule has 5 nitrogen and oxygen atoms in total. The van der Waals surface area contributed by atoms with E-state index in [-0.39, 0.29) is 35.9 Å². The van der Waals surface area contributed by atoms with E-state index >= 15 is 0 Å². The molecule has 1 unspecified atom stereocenters. The Balaban J connectivity index is 0.00000312. The van der Waals surface area contributed by atoms with Crippen molar-refractivity contribution < 1.29 is 4.79 Å². The standard InChI is InChI=1S/C19H36N4O.HI/c1-4-16(3)22-17(24)9-13-21-18(20-5-2)23-14-12-19(15-23)10-7-6-8-11-19;/h16H,4-15H2,1-3H3,(H,20,21)(H,22,24);1H. The van der Waals surface area contributed by atoms with Crippen LogP contribution in [0, 0.1) is 5.41 Å². The second-order valence-electron chi connectivity index (χ2n) is 7.59. The number of hydrogen-bond acceptors (Lipinski definition) is 2. The smallest absolute Gasteiger partial charge is 0.222 e. The second-order valence-corrected chi connectivity index (χ2v) is 7.59. The van der Waals surface area contributed by atoms with E-state index in [1.54, 1.807) is 0 Å². The molecule has 1 saturated carbocycles. The van der Waals surface area contributed by atoms with Gasteiger partial charge in [0.1, 0.15) is 0 Å². The van der Waals surface area contributed by atoms with Gasteiger partial charge in [-0.15, -0.1) is 24.0 Å². The summed E-state index contributed by atoms with van der Waals surface area (Å²) in [5.74, 6) is 1.10. The van der Waals surface area contributed by atoms with E-state index < -0.39 is 0 Å². The first-order valence-electron chi connectivity index (χ1n) is 9.91. The minimum absolute atomic E-state index is 0. The summed E-state index contributed by atoms with van der Waals surface area (Å²) in [6.45, 7) is 9.91. The van der Waals surface area contributed by atoms with Gasteiger partial charge in [-0.05, 0) is 44.9 Å². The SMILES string of the molecule is CCNC(=NCCC(=O)NC(C)CC)N1CCC2(CCCCC2)C1.I. The molecule has 0 aromatic heterocycles. The predicted molar refractivity (Wildman–Crippen MR) is 116 cm³/mol. The number of nitrogens with one attached hydrogen (secondary N) is 2. The van der Waals surface area contributed by atoms with Gasteiger partial charge in [-0.25, -0.2) is 0 Å². The van der Waals surface area contributed by atoms with Crippen LogP contribution in [-0.2, 0) is 4.79 Å². The summed E-state index contributed by atoms with van der Waals surface area (Å²) in [5, 5.41) is 6.43. The van der Waals surface area contributed by atoms with Crippen LogP contribution < -0.4 is 10.6 Å². The molecule has 2 N–H and O–H groups in total. The second kappa shape index (κ2) is 11.2. The molecule has 0 aromatic carbocycles. The molecule has 1 atom stereocenters. The highest BCUT2D eigenvalue weighted by Gasteiger charge is 2.39. The minimum Gasteiger partial charge on any atom is -0.357 e. The first kappa shape index (κ1) is 22.5. The van der Waals surface area contributed by atoms with Crippen LogP contribution in [0.2, 0.25) is 0 Å². The zero-order chi connectivity index (χ0) is 17.4. The van der Waals surface area contributed by atoms with Crippen LogP contribution in [0.15, 0.2) is 4.99 Å².